The van der Waals surface area contributed by atoms with Crippen LogP contribution in [0.2, 0.25) is 0 Å². The molecule has 9 heteroatoms. The van der Waals surface area contributed by atoms with E-state index in [1.807, 2.05) is 45.6 Å². The van der Waals surface area contributed by atoms with Crippen molar-refractivity contribution in [3.8, 4) is 5.75 Å². The molecule has 9 nitrogen and oxygen atoms in total. The Morgan fingerprint density at radius 1 is 1.02 bits per heavy atom. The number of benzene rings is 1. The number of aliphatic carboxylic acids is 1. The summed E-state index contributed by atoms with van der Waals surface area (Å²) in [6, 6.07) is 6.37. The first-order valence-electron chi connectivity index (χ1n) is 16.4. The Labute approximate surface area is 267 Å². The standard InChI is InChI=1S/C18H30N2O4.C16H15NO2.C2H6/c1-18(2,3)13(12-15(21)19-9-5-4-6-10-19)16(22)20-11-7-8-14(20)17(23)24;1-19-12-7-8-13-15(9-12)17-14(10-16(13)18)11-5-3-2-4-6-11;1-2/h13-14H,4-12H2,1-3H3,(H,23,24);3,5-10H,2,4H2,1H3,(H,17,18);1-2H3/t13-,14+;;/m1../s1. The number of rotatable bonds is 6. The number of H-pyrrole nitrogens is 1. The van der Waals surface area contributed by atoms with Crippen LogP contribution in [0, 0.1) is 11.3 Å². The molecule has 3 aliphatic rings. The van der Waals surface area contributed by atoms with E-state index in [1.165, 1.54) is 4.90 Å². The second-order valence-corrected chi connectivity index (χ2v) is 12.7. The van der Waals surface area contributed by atoms with Gasteiger partial charge in [0, 0.05) is 49.3 Å². The Kier molecular flexibility index (Phi) is 13.0. The second-order valence-electron chi connectivity index (χ2n) is 12.7. The molecular formula is C36H51N3O6. The Hall–Kier alpha value is -3.88. The molecule has 2 amide bonds. The minimum atomic E-state index is -0.948. The normalized spacial score (nSPS) is 18.6. The number of pyridine rings is 1. The first-order valence-corrected chi connectivity index (χ1v) is 16.4. The number of aromatic amines is 1. The lowest BCUT2D eigenvalue weighted by molar-refractivity contribution is -0.153. The molecule has 2 aliphatic heterocycles. The van der Waals surface area contributed by atoms with E-state index in [1.54, 1.807) is 25.3 Å². The Bertz CT molecular complexity index is 1440. The lowest BCUT2D eigenvalue weighted by Gasteiger charge is -2.36. The number of aromatic nitrogens is 1. The maximum absolute atomic E-state index is 13.0. The topological polar surface area (TPSA) is 120 Å². The van der Waals surface area contributed by atoms with Gasteiger partial charge in [0.1, 0.15) is 11.8 Å². The number of nitrogens with one attached hydrogen (secondary N) is 1. The van der Waals surface area contributed by atoms with E-state index in [4.69, 9.17) is 4.74 Å². The number of methoxy groups -OCH3 is 1. The molecule has 246 valence electrons. The van der Waals surface area contributed by atoms with E-state index in [9.17, 15) is 24.3 Å². The van der Waals surface area contributed by atoms with Gasteiger partial charge in [-0.25, -0.2) is 4.79 Å². The fourth-order valence-electron chi connectivity index (χ4n) is 6.03. The molecule has 1 aliphatic carbocycles. The molecule has 1 aromatic heterocycles. The zero-order valence-electron chi connectivity index (χ0n) is 27.9. The van der Waals surface area contributed by atoms with Crippen molar-refractivity contribution in [1.82, 2.24) is 14.8 Å². The minimum Gasteiger partial charge on any atom is -0.497 e. The predicted molar refractivity (Wildman–Crippen MR) is 179 cm³/mol. The molecule has 2 atom stereocenters. The number of nitrogens with zero attached hydrogens (tertiary/aromatic N) is 2. The summed E-state index contributed by atoms with van der Waals surface area (Å²) in [6.07, 6.45) is 13.0. The number of likely N-dealkylation sites (tertiary alicyclic amines) is 2. The van der Waals surface area contributed by atoms with Gasteiger partial charge in [-0.3, -0.25) is 14.4 Å². The molecule has 0 spiro atoms. The molecule has 2 saturated heterocycles. The van der Waals surface area contributed by atoms with E-state index >= 15 is 0 Å². The van der Waals surface area contributed by atoms with Gasteiger partial charge >= 0.3 is 5.97 Å². The van der Waals surface area contributed by atoms with Gasteiger partial charge in [-0.15, -0.1) is 0 Å². The molecule has 0 unspecified atom stereocenters. The fourth-order valence-corrected chi connectivity index (χ4v) is 6.03. The van der Waals surface area contributed by atoms with Crippen molar-refractivity contribution in [2.75, 3.05) is 26.7 Å². The molecule has 3 heterocycles. The maximum atomic E-state index is 13.0. The van der Waals surface area contributed by atoms with Crippen molar-refractivity contribution in [3.05, 3.63) is 58.4 Å². The average molecular weight is 622 g/mol. The van der Waals surface area contributed by atoms with Crippen LogP contribution >= 0.6 is 0 Å². The quantitative estimate of drug-likeness (QED) is 0.384. The number of carboxylic acid groups (broad SMARTS) is 1. The number of carboxylic acids is 1. The van der Waals surface area contributed by atoms with E-state index in [2.05, 4.69) is 23.2 Å². The molecule has 2 fully saturated rings. The minimum absolute atomic E-state index is 0.0223. The molecule has 0 radical (unpaired) electrons. The molecule has 45 heavy (non-hydrogen) atoms. The maximum Gasteiger partial charge on any atom is 0.326 e. The van der Waals surface area contributed by atoms with Gasteiger partial charge in [-0.2, -0.15) is 0 Å². The molecule has 5 rings (SSSR count). The van der Waals surface area contributed by atoms with Gasteiger partial charge in [0.25, 0.3) is 0 Å². The summed E-state index contributed by atoms with van der Waals surface area (Å²) in [4.78, 5) is 55.8. The third kappa shape index (κ3) is 9.31. The summed E-state index contributed by atoms with van der Waals surface area (Å²) in [7, 11) is 1.62. The molecule has 2 aromatic rings. The van der Waals surface area contributed by atoms with Crippen molar-refractivity contribution in [3.63, 3.8) is 0 Å². The van der Waals surface area contributed by atoms with Gasteiger partial charge in [0.15, 0.2) is 5.43 Å². The summed E-state index contributed by atoms with van der Waals surface area (Å²) in [6.45, 7) is 11.9. The smallest absolute Gasteiger partial charge is 0.326 e. The van der Waals surface area contributed by atoms with Crippen LogP contribution in [0.5, 0.6) is 5.75 Å². The number of amides is 2. The first kappa shape index (κ1) is 35.6. The molecular weight excluding hydrogens is 570 g/mol. The zero-order valence-corrected chi connectivity index (χ0v) is 27.9. The van der Waals surface area contributed by atoms with Crippen molar-refractivity contribution in [2.45, 2.75) is 92.0 Å². The molecule has 0 saturated carbocycles. The van der Waals surface area contributed by atoms with Crippen LogP contribution in [0.4, 0.5) is 0 Å². The zero-order chi connectivity index (χ0) is 33.1. The number of carbonyl (C=O) groups is 3. The molecule has 1 aromatic carbocycles. The highest BCUT2D eigenvalue weighted by Crippen LogP contribution is 2.34. The number of hydrogen-bond acceptors (Lipinski definition) is 5. The first-order chi connectivity index (χ1) is 21.5. The van der Waals surface area contributed by atoms with Crippen LogP contribution in [-0.2, 0) is 14.4 Å². The largest absolute Gasteiger partial charge is 0.497 e. The third-order valence-corrected chi connectivity index (χ3v) is 8.59. The summed E-state index contributed by atoms with van der Waals surface area (Å²) in [5, 5.41) is 10.0. The van der Waals surface area contributed by atoms with Crippen LogP contribution < -0.4 is 10.2 Å². The second kappa shape index (κ2) is 16.4. The van der Waals surface area contributed by atoms with Crippen molar-refractivity contribution >= 4 is 34.3 Å². The Morgan fingerprint density at radius 2 is 1.73 bits per heavy atom. The van der Waals surface area contributed by atoms with Crippen LogP contribution in [-0.4, -0.2) is 70.5 Å². The van der Waals surface area contributed by atoms with Gasteiger partial charge in [-0.05, 0) is 68.1 Å². The highest BCUT2D eigenvalue weighted by Gasteiger charge is 2.42. The Morgan fingerprint density at radius 3 is 2.33 bits per heavy atom. The number of piperidine rings is 1. The summed E-state index contributed by atoms with van der Waals surface area (Å²) in [5.41, 5.74) is 2.40. The number of hydrogen-bond donors (Lipinski definition) is 2. The fraction of sp³-hybridized carbons (Fsp3) is 0.556. The summed E-state index contributed by atoms with van der Waals surface area (Å²) < 4.78 is 5.20. The van der Waals surface area contributed by atoms with Crippen LogP contribution in [0.1, 0.15) is 91.7 Å². The highest BCUT2D eigenvalue weighted by atomic mass is 16.5. The number of allylic oxidation sites excluding steroid dienone is 4. The number of carbonyl (C=O) groups excluding carboxylic acids is 2. The molecule has 2 N–H and O–H groups in total. The Balaban J connectivity index is 0.000000238. The van der Waals surface area contributed by atoms with Crippen molar-refractivity contribution < 1.29 is 24.2 Å². The summed E-state index contributed by atoms with van der Waals surface area (Å²) >= 11 is 0. The van der Waals surface area contributed by atoms with Crippen LogP contribution in [0.25, 0.3) is 16.5 Å². The highest BCUT2D eigenvalue weighted by molar-refractivity contribution is 5.90. The van der Waals surface area contributed by atoms with E-state index < -0.39 is 17.9 Å². The number of fused-ring (bicyclic) bond motifs is 1. The van der Waals surface area contributed by atoms with E-state index in [-0.39, 0.29) is 29.1 Å². The van der Waals surface area contributed by atoms with Crippen molar-refractivity contribution in [2.24, 2.45) is 11.3 Å². The number of ether oxygens (including phenoxy) is 1. The molecule has 0 bridgehead atoms. The third-order valence-electron chi connectivity index (χ3n) is 8.59. The predicted octanol–water partition coefficient (Wildman–Crippen LogP) is 6.42. The van der Waals surface area contributed by atoms with E-state index in [0.29, 0.717) is 24.8 Å². The lowest BCUT2D eigenvalue weighted by atomic mass is 9.77. The van der Waals surface area contributed by atoms with Crippen LogP contribution in [0.15, 0.2) is 47.3 Å². The lowest BCUT2D eigenvalue weighted by Crippen LogP contribution is -2.48. The van der Waals surface area contributed by atoms with Gasteiger partial charge in [0.05, 0.1) is 18.5 Å². The van der Waals surface area contributed by atoms with E-state index in [0.717, 1.165) is 67.7 Å². The van der Waals surface area contributed by atoms with Crippen molar-refractivity contribution in [1.29, 1.82) is 0 Å². The monoisotopic (exact) mass is 621 g/mol. The summed E-state index contributed by atoms with van der Waals surface area (Å²) in [5.74, 6) is -0.844. The average Bonchev–Trinajstić information content (AvgIpc) is 3.55. The van der Waals surface area contributed by atoms with Crippen LogP contribution in [0.3, 0.4) is 0 Å². The SMILES string of the molecule is CC.CC(C)(C)[C@H](CC(=O)N1CCCCC1)C(=O)N1CCC[C@H]1C(=O)O.COc1ccc2c(=O)cc(C3=CCCC=C3)[nH]c2c1. The van der Waals surface area contributed by atoms with Gasteiger partial charge < -0.3 is 24.6 Å². The van der Waals surface area contributed by atoms with Gasteiger partial charge in [0.2, 0.25) is 11.8 Å². The van der Waals surface area contributed by atoms with Gasteiger partial charge in [-0.1, -0.05) is 52.8 Å².